The van der Waals surface area contributed by atoms with Gasteiger partial charge in [-0.05, 0) is 25.7 Å². The van der Waals surface area contributed by atoms with E-state index >= 15 is 0 Å². The summed E-state index contributed by atoms with van der Waals surface area (Å²) >= 11 is 0. The molecule has 2 saturated heterocycles. The van der Waals surface area contributed by atoms with Crippen molar-refractivity contribution in [3.63, 3.8) is 0 Å². The van der Waals surface area contributed by atoms with Crippen molar-refractivity contribution in [1.82, 2.24) is 15.3 Å². The molecule has 1 aromatic rings. The first-order valence-corrected chi connectivity index (χ1v) is 6.70. The zero-order valence-electron chi connectivity index (χ0n) is 11.0. The molecule has 0 aromatic carbocycles. The molecule has 0 radical (unpaired) electrons. The van der Waals surface area contributed by atoms with Gasteiger partial charge in [0.2, 0.25) is 5.88 Å². The second kappa shape index (κ2) is 4.72. The highest BCUT2D eigenvalue weighted by molar-refractivity contribution is 5.43. The first kappa shape index (κ1) is 11.7. The average molecular weight is 248 g/mol. The number of nitrogens with zero attached hydrogens (tertiary/aromatic N) is 3. The minimum atomic E-state index is 0.644. The number of fused-ring (bicyclic) bond motifs is 1. The van der Waals surface area contributed by atoms with Crippen molar-refractivity contribution < 1.29 is 4.74 Å². The van der Waals surface area contributed by atoms with Crippen LogP contribution in [0.4, 0.5) is 5.82 Å². The van der Waals surface area contributed by atoms with Crippen molar-refractivity contribution >= 4 is 5.82 Å². The molecular formula is C13H20N4O. The maximum atomic E-state index is 5.49. The summed E-state index contributed by atoms with van der Waals surface area (Å²) < 4.78 is 5.49. The zero-order chi connectivity index (χ0) is 12.5. The van der Waals surface area contributed by atoms with Crippen LogP contribution in [0.2, 0.25) is 0 Å². The van der Waals surface area contributed by atoms with Gasteiger partial charge in [0, 0.05) is 32.2 Å². The number of ether oxygens (including phenoxy) is 1. The quantitative estimate of drug-likeness (QED) is 0.859. The van der Waals surface area contributed by atoms with E-state index in [0.29, 0.717) is 12.5 Å². The Morgan fingerprint density at radius 1 is 1.33 bits per heavy atom. The molecule has 3 heterocycles. The third kappa shape index (κ3) is 2.14. The highest BCUT2D eigenvalue weighted by Crippen LogP contribution is 2.30. The second-order valence-electron chi connectivity index (χ2n) is 5.13. The van der Waals surface area contributed by atoms with Crippen molar-refractivity contribution in [2.75, 3.05) is 37.7 Å². The SMILES string of the molecule is CCOc1cc(N2CC3CNCC3C2)nc(C)n1. The number of hydrogen-bond donors (Lipinski definition) is 1. The molecule has 2 aliphatic heterocycles. The van der Waals surface area contributed by atoms with Gasteiger partial charge < -0.3 is 15.0 Å². The normalized spacial score (nSPS) is 26.4. The molecule has 5 heteroatoms. The van der Waals surface area contributed by atoms with Crippen LogP contribution in [-0.2, 0) is 0 Å². The Bertz CT molecular complexity index is 425. The van der Waals surface area contributed by atoms with E-state index in [4.69, 9.17) is 4.74 Å². The van der Waals surface area contributed by atoms with Gasteiger partial charge in [-0.3, -0.25) is 0 Å². The number of aromatic nitrogens is 2. The summed E-state index contributed by atoms with van der Waals surface area (Å²) in [7, 11) is 0. The molecule has 18 heavy (non-hydrogen) atoms. The van der Waals surface area contributed by atoms with Crippen LogP contribution in [0.5, 0.6) is 5.88 Å². The van der Waals surface area contributed by atoms with E-state index in [0.717, 1.165) is 49.7 Å². The van der Waals surface area contributed by atoms with Gasteiger partial charge in [0.15, 0.2) is 0 Å². The number of nitrogens with one attached hydrogen (secondary N) is 1. The smallest absolute Gasteiger partial charge is 0.218 e. The lowest BCUT2D eigenvalue weighted by Crippen LogP contribution is -2.26. The third-order valence-corrected chi connectivity index (χ3v) is 3.81. The van der Waals surface area contributed by atoms with Crippen molar-refractivity contribution in [2.45, 2.75) is 13.8 Å². The predicted molar refractivity (Wildman–Crippen MR) is 70.0 cm³/mol. The van der Waals surface area contributed by atoms with E-state index in [1.54, 1.807) is 0 Å². The molecule has 0 saturated carbocycles. The largest absolute Gasteiger partial charge is 0.478 e. The zero-order valence-corrected chi connectivity index (χ0v) is 11.0. The fraction of sp³-hybridized carbons (Fsp3) is 0.692. The predicted octanol–water partition coefficient (Wildman–Crippen LogP) is 0.839. The average Bonchev–Trinajstić information content (AvgIpc) is 2.88. The standard InChI is InChI=1S/C13H20N4O/c1-3-18-13-4-12(15-9(2)16-13)17-7-10-5-14-6-11(10)8-17/h4,10-11,14H,3,5-8H2,1-2H3. The lowest BCUT2D eigenvalue weighted by atomic mass is 10.0. The first-order chi connectivity index (χ1) is 8.76. The van der Waals surface area contributed by atoms with Crippen molar-refractivity contribution in [3.8, 4) is 5.88 Å². The van der Waals surface area contributed by atoms with Crippen LogP contribution in [0.1, 0.15) is 12.7 Å². The van der Waals surface area contributed by atoms with Gasteiger partial charge in [0.1, 0.15) is 11.6 Å². The Kier molecular flexibility index (Phi) is 3.07. The molecule has 2 aliphatic rings. The van der Waals surface area contributed by atoms with Gasteiger partial charge in [-0.2, -0.15) is 4.98 Å². The molecular weight excluding hydrogens is 228 g/mol. The van der Waals surface area contributed by atoms with Crippen LogP contribution >= 0.6 is 0 Å². The van der Waals surface area contributed by atoms with Crippen LogP contribution < -0.4 is 15.0 Å². The van der Waals surface area contributed by atoms with Gasteiger partial charge in [-0.15, -0.1) is 0 Å². The Labute approximate surface area is 108 Å². The fourth-order valence-electron chi connectivity index (χ4n) is 2.95. The van der Waals surface area contributed by atoms with Crippen LogP contribution in [0, 0.1) is 18.8 Å². The number of aryl methyl sites for hydroxylation is 1. The van der Waals surface area contributed by atoms with Crippen LogP contribution in [0.3, 0.4) is 0 Å². The molecule has 1 N–H and O–H groups in total. The van der Waals surface area contributed by atoms with Gasteiger partial charge in [0.25, 0.3) is 0 Å². The highest BCUT2D eigenvalue weighted by Gasteiger charge is 2.36. The lowest BCUT2D eigenvalue weighted by molar-refractivity contribution is 0.325. The Balaban J connectivity index is 1.79. The summed E-state index contributed by atoms with van der Waals surface area (Å²) in [5.41, 5.74) is 0. The number of anilines is 1. The summed E-state index contributed by atoms with van der Waals surface area (Å²) in [6.45, 7) is 9.02. The molecule has 5 nitrogen and oxygen atoms in total. The first-order valence-electron chi connectivity index (χ1n) is 6.70. The van der Waals surface area contributed by atoms with Crippen LogP contribution in [-0.4, -0.2) is 42.8 Å². The van der Waals surface area contributed by atoms with Gasteiger partial charge in [-0.25, -0.2) is 4.98 Å². The minimum absolute atomic E-state index is 0.644. The van der Waals surface area contributed by atoms with Crippen molar-refractivity contribution in [1.29, 1.82) is 0 Å². The Morgan fingerprint density at radius 3 is 2.72 bits per heavy atom. The maximum absolute atomic E-state index is 5.49. The Hall–Kier alpha value is -1.36. The summed E-state index contributed by atoms with van der Waals surface area (Å²) in [6.07, 6.45) is 0. The molecule has 0 amide bonds. The van der Waals surface area contributed by atoms with Crippen LogP contribution in [0.15, 0.2) is 6.07 Å². The molecule has 0 spiro atoms. The molecule has 2 fully saturated rings. The molecule has 3 rings (SSSR count). The van der Waals surface area contributed by atoms with Crippen molar-refractivity contribution in [2.24, 2.45) is 11.8 Å². The van der Waals surface area contributed by atoms with E-state index in [1.165, 1.54) is 0 Å². The molecule has 0 aliphatic carbocycles. The maximum Gasteiger partial charge on any atom is 0.218 e. The fourth-order valence-corrected chi connectivity index (χ4v) is 2.95. The van der Waals surface area contributed by atoms with E-state index in [1.807, 2.05) is 19.9 Å². The van der Waals surface area contributed by atoms with Gasteiger partial charge >= 0.3 is 0 Å². The van der Waals surface area contributed by atoms with Crippen molar-refractivity contribution in [3.05, 3.63) is 11.9 Å². The van der Waals surface area contributed by atoms with E-state index in [-0.39, 0.29) is 0 Å². The molecule has 2 unspecified atom stereocenters. The summed E-state index contributed by atoms with van der Waals surface area (Å²) in [5.74, 6) is 4.04. The lowest BCUT2D eigenvalue weighted by Gasteiger charge is -2.19. The van der Waals surface area contributed by atoms with Crippen LogP contribution in [0.25, 0.3) is 0 Å². The third-order valence-electron chi connectivity index (χ3n) is 3.81. The highest BCUT2D eigenvalue weighted by atomic mass is 16.5. The summed E-state index contributed by atoms with van der Waals surface area (Å²) in [4.78, 5) is 11.2. The number of rotatable bonds is 3. The topological polar surface area (TPSA) is 50.3 Å². The Morgan fingerprint density at radius 2 is 2.06 bits per heavy atom. The molecule has 98 valence electrons. The van der Waals surface area contributed by atoms with Gasteiger partial charge in [0.05, 0.1) is 6.61 Å². The summed E-state index contributed by atoms with van der Waals surface area (Å²) in [5, 5.41) is 3.46. The second-order valence-corrected chi connectivity index (χ2v) is 5.13. The van der Waals surface area contributed by atoms with E-state index < -0.39 is 0 Å². The van der Waals surface area contributed by atoms with E-state index in [2.05, 4.69) is 20.2 Å². The monoisotopic (exact) mass is 248 g/mol. The van der Waals surface area contributed by atoms with Gasteiger partial charge in [-0.1, -0.05) is 0 Å². The van der Waals surface area contributed by atoms with E-state index in [9.17, 15) is 0 Å². The number of hydrogen-bond acceptors (Lipinski definition) is 5. The minimum Gasteiger partial charge on any atom is -0.478 e. The molecule has 2 atom stereocenters. The summed E-state index contributed by atoms with van der Waals surface area (Å²) in [6, 6.07) is 1.96. The molecule has 1 aromatic heterocycles. The molecule has 0 bridgehead atoms.